The molecular weight excluding hydrogens is 203 g/mol. The average molecular weight is 236 g/mol. The second kappa shape index (κ2) is 18.3. The van der Waals surface area contributed by atoms with Crippen molar-refractivity contribution in [3.05, 3.63) is 0 Å². The zero-order valence-electron chi connectivity index (χ0n) is 12.6. The zero-order chi connectivity index (χ0) is 10.4. The molecule has 0 radical (unpaired) electrons. The molecule has 5 heteroatoms. The van der Waals surface area contributed by atoms with Crippen LogP contribution in [0.5, 0.6) is 0 Å². The third-order valence-electron chi connectivity index (χ3n) is 4.50. The summed E-state index contributed by atoms with van der Waals surface area (Å²) >= 11 is 0. The second-order valence-corrected chi connectivity index (χ2v) is 5.25. The van der Waals surface area contributed by atoms with Crippen LogP contribution in [0.1, 0.15) is 60.8 Å². The van der Waals surface area contributed by atoms with Crippen LogP contribution >= 0.6 is 0 Å². The molecule has 0 saturated heterocycles. The third-order valence-corrected chi connectivity index (χ3v) is 4.50. The topological polar surface area (TPSA) is 0 Å². The molecule has 0 aromatic heterocycles. The Hall–Kier alpha value is 2.32. The van der Waals surface area contributed by atoms with Crippen molar-refractivity contribution >= 4 is 44.7 Å². The zero-order valence-corrected chi connectivity index (χ0v) is 12.6. The van der Waals surface area contributed by atoms with Gasteiger partial charge < -0.3 is 0 Å². The molecule has 0 heterocycles. The Morgan fingerprint density at radius 2 is 0.882 bits per heavy atom. The first-order chi connectivity index (χ1) is 6.08. The maximum absolute atomic E-state index is 2.46. The van der Waals surface area contributed by atoms with Crippen molar-refractivity contribution in [1.82, 2.24) is 0 Å². The van der Waals surface area contributed by atoms with Crippen molar-refractivity contribution in [1.29, 1.82) is 0 Å². The van der Waals surface area contributed by atoms with Gasteiger partial charge in [-0.2, -0.15) is 17.5 Å². The van der Waals surface area contributed by atoms with Crippen LogP contribution in [-0.2, 0) is 0 Å². The van der Waals surface area contributed by atoms with E-state index in [4.69, 9.17) is 0 Å². The fourth-order valence-corrected chi connectivity index (χ4v) is 3.06. The summed E-state index contributed by atoms with van der Waals surface area (Å²) in [7, 11) is 0. The van der Waals surface area contributed by atoms with Crippen LogP contribution in [0.4, 0.5) is 0 Å². The van der Waals surface area contributed by atoms with Gasteiger partial charge in [0.05, 0.1) is 0 Å². The molecule has 0 bridgehead atoms. The van der Waals surface area contributed by atoms with Gasteiger partial charge in [0.25, 0.3) is 0 Å². The van der Waals surface area contributed by atoms with Gasteiger partial charge in [-0.05, 0) is 6.71 Å². The Kier molecular flexibility index (Phi) is 34.1. The van der Waals surface area contributed by atoms with E-state index in [1.165, 1.54) is 19.3 Å². The van der Waals surface area contributed by atoms with Gasteiger partial charge in [-0.1, -0.05) is 69.2 Å². The van der Waals surface area contributed by atoms with E-state index in [2.05, 4.69) is 41.5 Å². The fourth-order valence-electron chi connectivity index (χ4n) is 3.06. The Balaban J connectivity index is -0.000000120. The summed E-state index contributed by atoms with van der Waals surface area (Å²) in [5.74, 6) is 2.93. The van der Waals surface area contributed by atoms with Crippen LogP contribution in [-0.4, -0.2) is 44.7 Å². The molecule has 0 nitrogen and oxygen atoms in total. The molecule has 0 saturated carbocycles. The SMILES string of the molecule is CCC(C)[BH-](C(C)CC)C(C)CC.[BH4-].[Li+].[Li+].[NaH]. The monoisotopic (exact) mass is 236 g/mol. The second-order valence-electron chi connectivity index (χ2n) is 5.25. The van der Waals surface area contributed by atoms with Crippen molar-refractivity contribution in [3.8, 4) is 0 Å². The summed E-state index contributed by atoms with van der Waals surface area (Å²) in [5, 5.41) is 0. The summed E-state index contributed by atoms with van der Waals surface area (Å²) in [6.07, 6.45) is 4.11. The molecule has 0 amide bonds. The summed E-state index contributed by atoms with van der Waals surface area (Å²) in [6, 6.07) is 0. The van der Waals surface area contributed by atoms with E-state index in [1.807, 2.05) is 0 Å². The van der Waals surface area contributed by atoms with Crippen LogP contribution in [0.2, 0.25) is 17.5 Å². The van der Waals surface area contributed by atoms with Gasteiger partial charge in [-0.3, -0.25) is 0 Å². The Bertz CT molecular complexity index is 116. The van der Waals surface area contributed by atoms with Gasteiger partial charge in [0.2, 0.25) is 0 Å². The van der Waals surface area contributed by atoms with Crippen molar-refractivity contribution in [2.75, 3.05) is 0 Å². The van der Waals surface area contributed by atoms with Gasteiger partial charge in [-0.25, -0.2) is 0 Å². The Morgan fingerprint density at radius 3 is 1.00 bits per heavy atom. The molecule has 90 valence electrons. The van der Waals surface area contributed by atoms with E-state index in [0.29, 0.717) is 0 Å². The summed E-state index contributed by atoms with van der Waals surface area (Å²) in [5.41, 5.74) is 0. The normalized spacial score (nSPS) is 15.9. The molecule has 3 unspecified atom stereocenters. The van der Waals surface area contributed by atoms with E-state index in [1.54, 1.807) is 0 Å². The van der Waals surface area contributed by atoms with Crippen LogP contribution in [0.15, 0.2) is 0 Å². The number of rotatable bonds is 6. The van der Waals surface area contributed by atoms with Gasteiger partial charge in [0.1, 0.15) is 0 Å². The first-order valence-corrected chi connectivity index (χ1v) is 6.30. The summed E-state index contributed by atoms with van der Waals surface area (Å²) < 4.78 is 0. The van der Waals surface area contributed by atoms with E-state index in [0.717, 1.165) is 17.5 Å². The quantitative estimate of drug-likeness (QED) is 0.420. The van der Waals surface area contributed by atoms with E-state index in [-0.39, 0.29) is 82.4 Å². The maximum atomic E-state index is 2.46. The molecule has 0 aliphatic heterocycles. The van der Waals surface area contributed by atoms with E-state index >= 15 is 0 Å². The van der Waals surface area contributed by atoms with Crippen LogP contribution < -0.4 is 37.7 Å². The number of hydrogen-bond donors (Lipinski definition) is 0. The van der Waals surface area contributed by atoms with Gasteiger partial charge in [0.15, 0.2) is 0 Å². The molecular formula is C12H33B2Li2Na. The van der Waals surface area contributed by atoms with Crippen LogP contribution in [0.25, 0.3) is 0 Å². The molecule has 0 aliphatic carbocycles. The van der Waals surface area contributed by atoms with Gasteiger partial charge in [0, 0.05) is 0 Å². The van der Waals surface area contributed by atoms with Crippen LogP contribution in [0, 0.1) is 0 Å². The van der Waals surface area contributed by atoms with Crippen LogP contribution in [0.3, 0.4) is 0 Å². The van der Waals surface area contributed by atoms with E-state index < -0.39 is 0 Å². The molecule has 0 aliphatic rings. The van der Waals surface area contributed by atoms with Crippen molar-refractivity contribution in [2.24, 2.45) is 0 Å². The first kappa shape index (κ1) is 31.6. The molecule has 0 aromatic carbocycles. The minimum absolute atomic E-state index is 0. The standard InChI is InChI=1S/C12H28B.BH4.2Li.Na.H/c1-7-10(4)13(11(5)8-2)12(6)9-3;;;;;/h10-13H,7-9H2,1-6H3;1H4;;;;/q2*-1;2*+1;;. The molecule has 0 spiro atoms. The predicted molar refractivity (Wildman–Crippen MR) is 84.8 cm³/mol. The molecule has 3 atom stereocenters. The molecule has 17 heavy (non-hydrogen) atoms. The third kappa shape index (κ3) is 11.8. The molecule has 0 N–H and O–H groups in total. The molecule has 0 fully saturated rings. The molecule has 0 rings (SSSR count). The van der Waals surface area contributed by atoms with Crippen molar-refractivity contribution in [2.45, 2.75) is 78.3 Å². The molecule has 0 aromatic rings. The van der Waals surface area contributed by atoms with Crippen molar-refractivity contribution < 1.29 is 37.7 Å². The average Bonchev–Trinajstić information content (AvgIpc) is 2.16. The van der Waals surface area contributed by atoms with Gasteiger partial charge in [-0.15, -0.1) is 0 Å². The summed E-state index contributed by atoms with van der Waals surface area (Å²) in [6.45, 7) is 14.5. The number of hydrogen-bond acceptors (Lipinski definition) is 0. The van der Waals surface area contributed by atoms with Gasteiger partial charge >= 0.3 is 67.3 Å². The fraction of sp³-hybridized carbons (Fsp3) is 1.00. The Morgan fingerprint density at radius 1 is 0.706 bits per heavy atom. The first-order valence-electron chi connectivity index (χ1n) is 6.30. The van der Waals surface area contributed by atoms with E-state index in [9.17, 15) is 0 Å². The predicted octanol–water partition coefficient (Wildman–Crippen LogP) is -3.48. The Labute approximate surface area is 159 Å². The minimum atomic E-state index is 0. The summed E-state index contributed by atoms with van der Waals surface area (Å²) in [4.78, 5) is 0. The van der Waals surface area contributed by atoms with Crippen molar-refractivity contribution in [3.63, 3.8) is 0 Å².